The summed E-state index contributed by atoms with van der Waals surface area (Å²) in [7, 11) is -2.54. The standard InChI is InChI=1S/C30H35N5O6S/c1-40-29-23(5-3-12-32-29)19-34-13-8-30(9-14-34)10-15-41-26-16-21(22-4-2-11-31-18-22)6-7-27(26)42(38,39)35-20-24(36)17-25(35)28(37)33-30/h2-7,11-12,16,18,24-25,36H,8-10,13-15,17,19-20H2,1H3,(H,33,37)/t24-,25+/m1/s1. The van der Waals surface area contributed by atoms with Crippen LogP contribution >= 0.6 is 0 Å². The number of carbonyl (C=O) groups is 1. The normalized spacial score (nSPS) is 24.1. The Bertz CT molecular complexity index is 1540. The van der Waals surface area contributed by atoms with Crippen LogP contribution < -0.4 is 14.8 Å². The fourth-order valence-electron chi connectivity index (χ4n) is 6.21. The fourth-order valence-corrected chi connectivity index (χ4v) is 7.96. The number of sulfonamides is 1. The molecule has 0 saturated carbocycles. The van der Waals surface area contributed by atoms with E-state index in [1.165, 1.54) is 6.07 Å². The van der Waals surface area contributed by atoms with Crippen molar-refractivity contribution in [2.45, 2.75) is 54.8 Å². The molecule has 11 nitrogen and oxygen atoms in total. The molecule has 222 valence electrons. The van der Waals surface area contributed by atoms with Crippen molar-refractivity contribution in [1.29, 1.82) is 0 Å². The number of nitrogens with one attached hydrogen (secondary N) is 1. The second-order valence-electron chi connectivity index (χ2n) is 11.2. The van der Waals surface area contributed by atoms with Crippen LogP contribution in [0.5, 0.6) is 11.6 Å². The van der Waals surface area contributed by atoms with Gasteiger partial charge in [0.05, 0.1) is 19.8 Å². The van der Waals surface area contributed by atoms with Gasteiger partial charge in [0.2, 0.25) is 21.8 Å². The van der Waals surface area contributed by atoms with E-state index < -0.39 is 27.7 Å². The first-order chi connectivity index (χ1) is 20.3. The fraction of sp³-hybridized carbons (Fsp3) is 0.433. The molecule has 3 aliphatic rings. The number of hydrogen-bond acceptors (Lipinski definition) is 9. The molecule has 2 saturated heterocycles. The second-order valence-corrected chi connectivity index (χ2v) is 13.1. The van der Waals surface area contributed by atoms with Crippen molar-refractivity contribution >= 4 is 15.9 Å². The zero-order chi connectivity index (χ0) is 29.3. The van der Waals surface area contributed by atoms with Crippen molar-refractivity contribution in [1.82, 2.24) is 24.5 Å². The number of hydrogen-bond donors (Lipinski definition) is 2. The molecule has 3 aromatic rings. The van der Waals surface area contributed by atoms with E-state index >= 15 is 0 Å². The number of carbonyl (C=O) groups excluding carboxylic acids is 1. The van der Waals surface area contributed by atoms with Crippen LogP contribution in [0.15, 0.2) is 66.0 Å². The van der Waals surface area contributed by atoms with Crippen LogP contribution in [0.1, 0.15) is 31.2 Å². The number of likely N-dealkylation sites (tertiary alicyclic amines) is 1. The molecule has 5 heterocycles. The van der Waals surface area contributed by atoms with E-state index in [4.69, 9.17) is 9.47 Å². The third-order valence-corrected chi connectivity index (χ3v) is 10.5. The molecule has 2 aromatic heterocycles. The van der Waals surface area contributed by atoms with Crippen molar-refractivity contribution in [2.75, 3.05) is 33.4 Å². The van der Waals surface area contributed by atoms with Crippen LogP contribution in [-0.4, -0.2) is 89.6 Å². The first-order valence-corrected chi connectivity index (χ1v) is 15.6. The predicted octanol–water partition coefficient (Wildman–Crippen LogP) is 2.21. The summed E-state index contributed by atoms with van der Waals surface area (Å²) >= 11 is 0. The molecular formula is C30H35N5O6S. The van der Waals surface area contributed by atoms with Gasteiger partial charge in [-0.2, -0.15) is 4.31 Å². The summed E-state index contributed by atoms with van der Waals surface area (Å²) in [4.78, 5) is 24.5. The number of pyridine rings is 2. The lowest BCUT2D eigenvalue weighted by Gasteiger charge is -2.43. The lowest BCUT2D eigenvalue weighted by atomic mass is 9.84. The molecular weight excluding hydrogens is 558 g/mol. The molecule has 2 atom stereocenters. The van der Waals surface area contributed by atoms with Crippen LogP contribution in [0, 0.1) is 0 Å². The number of aromatic nitrogens is 2. The Balaban J connectivity index is 1.29. The van der Waals surface area contributed by atoms with Gasteiger partial charge in [-0.15, -0.1) is 0 Å². The Morgan fingerprint density at radius 3 is 2.69 bits per heavy atom. The van der Waals surface area contributed by atoms with Crippen LogP contribution in [0.2, 0.25) is 0 Å². The van der Waals surface area contributed by atoms with E-state index in [0.29, 0.717) is 31.7 Å². The van der Waals surface area contributed by atoms with Gasteiger partial charge in [-0.05, 0) is 42.7 Å². The Kier molecular flexibility index (Phi) is 7.88. The maximum absolute atomic E-state index is 13.9. The number of piperidine rings is 1. The molecule has 2 fully saturated rings. The summed E-state index contributed by atoms with van der Waals surface area (Å²) < 4.78 is 40.6. The van der Waals surface area contributed by atoms with Gasteiger partial charge in [0.25, 0.3) is 0 Å². The molecule has 1 amide bonds. The average Bonchev–Trinajstić information content (AvgIpc) is 3.41. The molecule has 0 radical (unpaired) electrons. The van der Waals surface area contributed by atoms with Gasteiger partial charge in [-0.1, -0.05) is 18.2 Å². The van der Waals surface area contributed by atoms with Crippen molar-refractivity contribution < 1.29 is 27.8 Å². The molecule has 12 heteroatoms. The maximum atomic E-state index is 13.9. The van der Waals surface area contributed by atoms with Crippen molar-refractivity contribution in [3.05, 3.63) is 66.6 Å². The van der Waals surface area contributed by atoms with Crippen molar-refractivity contribution in [2.24, 2.45) is 0 Å². The van der Waals surface area contributed by atoms with Gasteiger partial charge in [-0.3, -0.25) is 14.7 Å². The number of aliphatic hydroxyl groups excluding tert-OH is 1. The topological polar surface area (TPSA) is 134 Å². The van der Waals surface area contributed by atoms with Crippen LogP contribution in [0.4, 0.5) is 0 Å². The van der Waals surface area contributed by atoms with E-state index in [9.17, 15) is 18.3 Å². The number of benzene rings is 1. The monoisotopic (exact) mass is 593 g/mol. The Labute approximate surface area is 245 Å². The second kappa shape index (κ2) is 11.6. The highest BCUT2D eigenvalue weighted by atomic mass is 32.2. The highest BCUT2D eigenvalue weighted by molar-refractivity contribution is 7.89. The number of rotatable bonds is 4. The van der Waals surface area contributed by atoms with Crippen LogP contribution in [-0.2, 0) is 21.4 Å². The minimum absolute atomic E-state index is 0.0155. The summed E-state index contributed by atoms with van der Waals surface area (Å²) in [5.74, 6) is 0.440. The average molecular weight is 594 g/mol. The molecule has 2 N–H and O–H groups in total. The lowest BCUT2D eigenvalue weighted by molar-refractivity contribution is -0.127. The number of nitrogens with zero attached hydrogens (tertiary/aromatic N) is 4. The molecule has 6 rings (SSSR count). The Morgan fingerprint density at radius 1 is 1.12 bits per heavy atom. The molecule has 0 aliphatic carbocycles. The summed E-state index contributed by atoms with van der Waals surface area (Å²) in [5.41, 5.74) is 2.01. The number of ether oxygens (including phenoxy) is 2. The van der Waals surface area contributed by atoms with Gasteiger partial charge in [0.1, 0.15) is 16.7 Å². The van der Waals surface area contributed by atoms with Gasteiger partial charge in [-0.25, -0.2) is 13.4 Å². The van der Waals surface area contributed by atoms with E-state index in [-0.39, 0.29) is 36.1 Å². The Hall–Kier alpha value is -3.58. The molecule has 0 bridgehead atoms. The number of methoxy groups -OCH3 is 1. The number of fused-ring (bicyclic) bond motifs is 2. The van der Waals surface area contributed by atoms with E-state index in [2.05, 4.69) is 20.2 Å². The molecule has 42 heavy (non-hydrogen) atoms. The zero-order valence-corrected chi connectivity index (χ0v) is 24.3. The smallest absolute Gasteiger partial charge is 0.247 e. The van der Waals surface area contributed by atoms with E-state index in [1.807, 2.05) is 24.3 Å². The molecule has 3 aliphatic heterocycles. The predicted molar refractivity (Wildman–Crippen MR) is 154 cm³/mol. The van der Waals surface area contributed by atoms with E-state index in [0.717, 1.165) is 34.1 Å². The summed E-state index contributed by atoms with van der Waals surface area (Å²) in [5, 5.41) is 13.7. The van der Waals surface area contributed by atoms with Crippen molar-refractivity contribution in [3.8, 4) is 22.8 Å². The van der Waals surface area contributed by atoms with Gasteiger partial charge >= 0.3 is 0 Å². The quantitative estimate of drug-likeness (QED) is 0.467. The SMILES string of the molecule is COc1ncccc1CN1CCC2(CCOc3cc(-c4cccnc4)ccc3S(=O)(=O)N3C[C@H](O)C[C@H]3C(=O)N2)CC1. The van der Waals surface area contributed by atoms with Gasteiger partial charge in [0.15, 0.2) is 0 Å². The highest BCUT2D eigenvalue weighted by Gasteiger charge is 2.47. The highest BCUT2D eigenvalue weighted by Crippen LogP contribution is 2.37. The third-order valence-electron chi connectivity index (χ3n) is 8.54. The van der Waals surface area contributed by atoms with Crippen molar-refractivity contribution in [3.63, 3.8) is 0 Å². The first-order valence-electron chi connectivity index (χ1n) is 14.2. The summed E-state index contributed by atoms with van der Waals surface area (Å²) in [6, 6.07) is 11.5. The van der Waals surface area contributed by atoms with E-state index in [1.54, 1.807) is 37.8 Å². The van der Waals surface area contributed by atoms with Gasteiger partial charge in [0, 0.05) is 74.3 Å². The zero-order valence-electron chi connectivity index (χ0n) is 23.5. The molecule has 1 aromatic carbocycles. The number of amides is 1. The Morgan fingerprint density at radius 2 is 1.93 bits per heavy atom. The summed E-state index contributed by atoms with van der Waals surface area (Å²) in [6.07, 6.45) is 6.02. The van der Waals surface area contributed by atoms with Gasteiger partial charge < -0.3 is 19.9 Å². The first kappa shape index (κ1) is 28.5. The van der Waals surface area contributed by atoms with Crippen LogP contribution in [0.25, 0.3) is 11.1 Å². The maximum Gasteiger partial charge on any atom is 0.247 e. The minimum Gasteiger partial charge on any atom is -0.492 e. The third kappa shape index (κ3) is 5.59. The molecule has 1 spiro atoms. The molecule has 0 unspecified atom stereocenters. The van der Waals surface area contributed by atoms with Crippen LogP contribution in [0.3, 0.4) is 0 Å². The summed E-state index contributed by atoms with van der Waals surface area (Å²) in [6.45, 7) is 2.18. The number of aliphatic hydroxyl groups is 1. The lowest BCUT2D eigenvalue weighted by Crippen LogP contribution is -2.59. The largest absolute Gasteiger partial charge is 0.492 e. The minimum atomic E-state index is -4.15.